The van der Waals surface area contributed by atoms with Gasteiger partial charge in [-0.1, -0.05) is 48.0 Å². The highest BCUT2D eigenvalue weighted by molar-refractivity contribution is 6.31. The number of hydrogen-bond donors (Lipinski definition) is 2. The summed E-state index contributed by atoms with van der Waals surface area (Å²) in [6.45, 7) is 0. The summed E-state index contributed by atoms with van der Waals surface area (Å²) in [4.78, 5) is 15.8. The average Bonchev–Trinajstić information content (AvgIpc) is 3.29. The first-order valence-electron chi connectivity index (χ1n) is 8.32. The van der Waals surface area contributed by atoms with Crippen LogP contribution in [0.25, 0.3) is 10.9 Å². The van der Waals surface area contributed by atoms with Crippen LogP contribution < -0.4 is 5.32 Å². The lowest BCUT2D eigenvalue weighted by molar-refractivity contribution is -0.121. The standard InChI is InChI=1S/C20H19ClN2O/c21-18-7-3-1-5-14(18)16(11-20(24)23-13-9-10-13)17-12-22-19-8-4-2-6-15(17)19/h1-8,12-13,16,22H,9-11H2,(H,23,24). The molecule has 1 fully saturated rings. The number of para-hydroxylation sites is 1. The molecule has 3 nitrogen and oxygen atoms in total. The summed E-state index contributed by atoms with van der Waals surface area (Å²) in [6.07, 6.45) is 4.59. The summed E-state index contributed by atoms with van der Waals surface area (Å²) in [6, 6.07) is 16.3. The van der Waals surface area contributed by atoms with Crippen LogP contribution in [-0.2, 0) is 4.79 Å². The Balaban J connectivity index is 1.74. The summed E-state index contributed by atoms with van der Waals surface area (Å²) < 4.78 is 0. The number of aromatic nitrogens is 1. The fourth-order valence-corrected chi connectivity index (χ4v) is 3.49. The Kier molecular flexibility index (Phi) is 4.03. The molecule has 24 heavy (non-hydrogen) atoms. The molecule has 0 spiro atoms. The van der Waals surface area contributed by atoms with Crippen molar-refractivity contribution in [3.8, 4) is 0 Å². The van der Waals surface area contributed by atoms with Crippen molar-refractivity contribution in [3.63, 3.8) is 0 Å². The number of benzene rings is 2. The third kappa shape index (κ3) is 3.04. The van der Waals surface area contributed by atoms with Gasteiger partial charge in [-0.3, -0.25) is 4.79 Å². The van der Waals surface area contributed by atoms with Gasteiger partial charge in [0.05, 0.1) is 0 Å². The maximum absolute atomic E-state index is 12.5. The number of H-pyrrole nitrogens is 1. The maximum Gasteiger partial charge on any atom is 0.221 e. The first-order valence-corrected chi connectivity index (χ1v) is 8.70. The van der Waals surface area contributed by atoms with Gasteiger partial charge in [0, 0.05) is 40.5 Å². The molecule has 1 aliphatic carbocycles. The number of hydrogen-bond acceptors (Lipinski definition) is 1. The number of rotatable bonds is 5. The summed E-state index contributed by atoms with van der Waals surface area (Å²) >= 11 is 6.45. The van der Waals surface area contributed by atoms with E-state index in [-0.39, 0.29) is 11.8 Å². The van der Waals surface area contributed by atoms with Crippen molar-refractivity contribution in [2.45, 2.75) is 31.2 Å². The second kappa shape index (κ2) is 6.33. The van der Waals surface area contributed by atoms with Crippen molar-refractivity contribution < 1.29 is 4.79 Å². The lowest BCUT2D eigenvalue weighted by atomic mass is 9.88. The van der Waals surface area contributed by atoms with Crippen LogP contribution in [0.3, 0.4) is 0 Å². The third-order valence-corrected chi connectivity index (χ3v) is 4.95. The third-order valence-electron chi connectivity index (χ3n) is 4.61. The van der Waals surface area contributed by atoms with Gasteiger partial charge in [0.2, 0.25) is 5.91 Å². The number of amides is 1. The lowest BCUT2D eigenvalue weighted by Crippen LogP contribution is -2.27. The van der Waals surface area contributed by atoms with Gasteiger partial charge in [0.1, 0.15) is 0 Å². The van der Waals surface area contributed by atoms with E-state index in [1.54, 1.807) is 0 Å². The van der Waals surface area contributed by atoms with Crippen LogP contribution in [0.5, 0.6) is 0 Å². The Hall–Kier alpha value is -2.26. The normalized spacial score (nSPS) is 15.4. The predicted octanol–water partition coefficient (Wildman–Crippen LogP) is 4.62. The molecule has 0 saturated heterocycles. The van der Waals surface area contributed by atoms with E-state index in [2.05, 4.69) is 16.4 Å². The quantitative estimate of drug-likeness (QED) is 0.700. The molecule has 1 saturated carbocycles. The van der Waals surface area contributed by atoms with Crippen molar-refractivity contribution >= 4 is 28.4 Å². The Morgan fingerprint density at radius 3 is 2.67 bits per heavy atom. The van der Waals surface area contributed by atoms with Gasteiger partial charge in [-0.05, 0) is 36.1 Å². The van der Waals surface area contributed by atoms with Gasteiger partial charge in [-0.25, -0.2) is 0 Å². The van der Waals surface area contributed by atoms with Crippen LogP contribution >= 0.6 is 11.6 Å². The number of carbonyl (C=O) groups excluding carboxylic acids is 1. The number of halogens is 1. The highest BCUT2D eigenvalue weighted by atomic mass is 35.5. The summed E-state index contributed by atoms with van der Waals surface area (Å²) in [5, 5.41) is 4.93. The van der Waals surface area contributed by atoms with E-state index >= 15 is 0 Å². The summed E-state index contributed by atoms with van der Waals surface area (Å²) in [7, 11) is 0. The second-order valence-corrected chi connectivity index (χ2v) is 6.82. The minimum Gasteiger partial charge on any atom is -0.361 e. The average molecular weight is 339 g/mol. The van der Waals surface area contributed by atoms with Gasteiger partial charge in [-0.2, -0.15) is 0 Å². The molecule has 1 atom stereocenters. The van der Waals surface area contributed by atoms with E-state index in [0.717, 1.165) is 34.9 Å². The first-order chi connectivity index (χ1) is 11.7. The van der Waals surface area contributed by atoms with Crippen molar-refractivity contribution in [1.29, 1.82) is 0 Å². The largest absolute Gasteiger partial charge is 0.361 e. The molecule has 4 heteroatoms. The SMILES string of the molecule is O=C(CC(c1ccccc1Cl)c1c[nH]c2ccccc12)NC1CC1. The topological polar surface area (TPSA) is 44.9 Å². The van der Waals surface area contributed by atoms with Gasteiger partial charge in [-0.15, -0.1) is 0 Å². The molecular weight excluding hydrogens is 320 g/mol. The van der Waals surface area contributed by atoms with Gasteiger partial charge < -0.3 is 10.3 Å². The lowest BCUT2D eigenvalue weighted by Gasteiger charge is -2.18. The first kappa shape index (κ1) is 15.3. The van der Waals surface area contributed by atoms with Crippen LogP contribution in [0.1, 0.15) is 36.3 Å². The minimum atomic E-state index is -0.0615. The maximum atomic E-state index is 12.5. The van der Waals surface area contributed by atoms with Crippen LogP contribution in [-0.4, -0.2) is 16.9 Å². The molecular formula is C20H19ClN2O. The summed E-state index contributed by atoms with van der Waals surface area (Å²) in [5.74, 6) is 0.0290. The Labute approximate surface area is 146 Å². The molecule has 4 rings (SSSR count). The molecule has 1 aliphatic rings. The molecule has 0 aliphatic heterocycles. The van der Waals surface area contributed by atoms with Gasteiger partial charge >= 0.3 is 0 Å². The Morgan fingerprint density at radius 2 is 1.88 bits per heavy atom. The molecule has 1 aromatic heterocycles. The molecule has 1 unspecified atom stereocenters. The van der Waals surface area contributed by atoms with Gasteiger partial charge in [0.15, 0.2) is 0 Å². The monoisotopic (exact) mass is 338 g/mol. The van der Waals surface area contributed by atoms with E-state index in [1.165, 1.54) is 0 Å². The van der Waals surface area contributed by atoms with E-state index in [9.17, 15) is 4.79 Å². The van der Waals surface area contributed by atoms with E-state index in [1.807, 2.05) is 48.7 Å². The van der Waals surface area contributed by atoms with Gasteiger partial charge in [0.25, 0.3) is 0 Å². The van der Waals surface area contributed by atoms with E-state index in [0.29, 0.717) is 17.5 Å². The van der Waals surface area contributed by atoms with Crippen LogP contribution in [0, 0.1) is 0 Å². The molecule has 1 amide bonds. The predicted molar refractivity (Wildman–Crippen MR) is 97.4 cm³/mol. The fraction of sp³-hybridized carbons (Fsp3) is 0.250. The van der Waals surface area contributed by atoms with Crippen molar-refractivity contribution in [2.75, 3.05) is 0 Å². The number of fused-ring (bicyclic) bond motifs is 1. The van der Waals surface area contributed by atoms with Crippen molar-refractivity contribution in [2.24, 2.45) is 0 Å². The summed E-state index contributed by atoms with van der Waals surface area (Å²) in [5.41, 5.74) is 3.19. The molecule has 3 aromatic rings. The smallest absolute Gasteiger partial charge is 0.221 e. The molecule has 0 bridgehead atoms. The number of aromatic amines is 1. The van der Waals surface area contributed by atoms with Crippen LogP contribution in [0.15, 0.2) is 54.7 Å². The van der Waals surface area contributed by atoms with Crippen LogP contribution in [0.2, 0.25) is 5.02 Å². The Bertz CT molecular complexity index is 882. The zero-order chi connectivity index (χ0) is 16.5. The highest BCUT2D eigenvalue weighted by Crippen LogP contribution is 2.36. The number of carbonyl (C=O) groups is 1. The van der Waals surface area contributed by atoms with E-state index in [4.69, 9.17) is 11.6 Å². The minimum absolute atomic E-state index is 0.0615. The van der Waals surface area contributed by atoms with Crippen LogP contribution in [0.4, 0.5) is 0 Å². The number of nitrogens with one attached hydrogen (secondary N) is 2. The molecule has 0 radical (unpaired) electrons. The second-order valence-electron chi connectivity index (χ2n) is 6.41. The van der Waals surface area contributed by atoms with Crippen molar-refractivity contribution in [3.05, 3.63) is 70.9 Å². The van der Waals surface area contributed by atoms with Crippen molar-refractivity contribution in [1.82, 2.24) is 10.3 Å². The molecule has 1 heterocycles. The zero-order valence-corrected chi connectivity index (χ0v) is 14.0. The fourth-order valence-electron chi connectivity index (χ4n) is 3.23. The molecule has 2 aromatic carbocycles. The van der Waals surface area contributed by atoms with E-state index < -0.39 is 0 Å². The zero-order valence-electron chi connectivity index (χ0n) is 13.3. The highest BCUT2D eigenvalue weighted by Gasteiger charge is 2.27. The molecule has 2 N–H and O–H groups in total. The molecule has 122 valence electrons. The Morgan fingerprint density at radius 1 is 1.12 bits per heavy atom.